The SMILES string of the molecule is CCc1cccc(CNC[C@H](O)[C@H](Cc2cc(F)cc(F)c2)NC(=O)c2n[nH]c3ccccc23)c1. The minimum Gasteiger partial charge on any atom is -0.390 e. The molecular weight excluding hydrogens is 450 g/mol. The molecule has 182 valence electrons. The number of aryl methyl sites for hydroxylation is 1. The fourth-order valence-electron chi connectivity index (χ4n) is 4.11. The van der Waals surface area contributed by atoms with Crippen LogP contribution in [-0.2, 0) is 19.4 Å². The summed E-state index contributed by atoms with van der Waals surface area (Å²) in [5, 5.41) is 24.5. The molecule has 0 saturated heterocycles. The first-order valence-corrected chi connectivity index (χ1v) is 11.6. The third-order valence-electron chi connectivity index (χ3n) is 5.93. The quantitative estimate of drug-likeness (QED) is 0.278. The molecule has 0 aliphatic carbocycles. The van der Waals surface area contributed by atoms with Crippen molar-refractivity contribution in [2.45, 2.75) is 38.5 Å². The first kappa shape index (κ1) is 24.5. The van der Waals surface area contributed by atoms with Gasteiger partial charge in [-0.3, -0.25) is 9.89 Å². The highest BCUT2D eigenvalue weighted by Crippen LogP contribution is 2.17. The Morgan fingerprint density at radius 2 is 1.74 bits per heavy atom. The summed E-state index contributed by atoms with van der Waals surface area (Å²) in [4.78, 5) is 13.1. The Morgan fingerprint density at radius 1 is 1.00 bits per heavy atom. The van der Waals surface area contributed by atoms with Crippen LogP contribution in [0, 0.1) is 11.6 Å². The molecule has 8 heteroatoms. The number of aromatic amines is 1. The lowest BCUT2D eigenvalue weighted by molar-refractivity contribution is 0.0826. The van der Waals surface area contributed by atoms with Crippen LogP contribution in [0.5, 0.6) is 0 Å². The van der Waals surface area contributed by atoms with Crippen molar-refractivity contribution in [1.29, 1.82) is 0 Å². The van der Waals surface area contributed by atoms with Crippen LogP contribution in [0.25, 0.3) is 10.9 Å². The van der Waals surface area contributed by atoms with Crippen molar-refractivity contribution < 1.29 is 18.7 Å². The Hall–Kier alpha value is -3.62. The van der Waals surface area contributed by atoms with Gasteiger partial charge in [0.05, 0.1) is 17.7 Å². The number of hydrogen-bond acceptors (Lipinski definition) is 4. The van der Waals surface area contributed by atoms with Gasteiger partial charge in [-0.25, -0.2) is 8.78 Å². The van der Waals surface area contributed by atoms with Gasteiger partial charge in [-0.1, -0.05) is 49.4 Å². The van der Waals surface area contributed by atoms with Crippen LogP contribution in [0.4, 0.5) is 8.78 Å². The molecule has 3 aromatic carbocycles. The average Bonchev–Trinajstić information content (AvgIpc) is 3.27. The van der Waals surface area contributed by atoms with Crippen molar-refractivity contribution in [2.24, 2.45) is 0 Å². The Morgan fingerprint density at radius 3 is 2.51 bits per heavy atom. The summed E-state index contributed by atoms with van der Waals surface area (Å²) < 4.78 is 27.6. The van der Waals surface area contributed by atoms with Gasteiger partial charge in [0.25, 0.3) is 5.91 Å². The molecule has 35 heavy (non-hydrogen) atoms. The highest BCUT2D eigenvalue weighted by molar-refractivity contribution is 6.04. The molecule has 0 radical (unpaired) electrons. The number of amides is 1. The van der Waals surface area contributed by atoms with E-state index in [1.807, 2.05) is 18.2 Å². The molecule has 0 fully saturated rings. The molecule has 1 heterocycles. The first-order chi connectivity index (χ1) is 16.9. The molecular formula is C27H28F2N4O2. The van der Waals surface area contributed by atoms with E-state index in [4.69, 9.17) is 0 Å². The van der Waals surface area contributed by atoms with E-state index in [1.54, 1.807) is 18.2 Å². The van der Waals surface area contributed by atoms with E-state index >= 15 is 0 Å². The Labute approximate surface area is 202 Å². The number of aromatic nitrogens is 2. The standard InChI is InChI=1S/C27H28F2N4O2/c1-2-17-6-5-7-18(10-17)15-30-16-25(34)24(13-19-11-20(28)14-21(29)12-19)31-27(35)26-22-8-3-4-9-23(22)32-33-26/h3-12,14,24-25,30,34H,2,13,15-16H2,1H3,(H,31,35)(H,32,33)/t24-,25-/m0/s1. The lowest BCUT2D eigenvalue weighted by Gasteiger charge is -2.25. The lowest BCUT2D eigenvalue weighted by atomic mass is 10.00. The van der Waals surface area contributed by atoms with E-state index in [2.05, 4.69) is 39.9 Å². The van der Waals surface area contributed by atoms with Crippen LogP contribution in [-0.4, -0.2) is 39.9 Å². The van der Waals surface area contributed by atoms with E-state index in [0.29, 0.717) is 23.0 Å². The molecule has 0 spiro atoms. The monoisotopic (exact) mass is 478 g/mol. The number of carbonyl (C=O) groups is 1. The Balaban J connectivity index is 1.49. The summed E-state index contributed by atoms with van der Waals surface area (Å²) in [5.74, 6) is -1.92. The molecule has 1 amide bonds. The highest BCUT2D eigenvalue weighted by Gasteiger charge is 2.25. The molecule has 0 unspecified atom stereocenters. The molecule has 6 nitrogen and oxygen atoms in total. The van der Waals surface area contributed by atoms with Gasteiger partial charge in [-0.15, -0.1) is 0 Å². The van der Waals surface area contributed by atoms with E-state index in [1.165, 1.54) is 17.7 Å². The minimum absolute atomic E-state index is 0.0386. The molecule has 2 atom stereocenters. The maximum atomic E-state index is 13.8. The topological polar surface area (TPSA) is 90.0 Å². The van der Waals surface area contributed by atoms with Crippen LogP contribution in [0.2, 0.25) is 0 Å². The molecule has 0 aliphatic heterocycles. The number of H-pyrrole nitrogens is 1. The minimum atomic E-state index is -1.02. The maximum Gasteiger partial charge on any atom is 0.272 e. The van der Waals surface area contributed by atoms with E-state index in [9.17, 15) is 18.7 Å². The lowest BCUT2D eigenvalue weighted by Crippen LogP contribution is -2.48. The summed E-state index contributed by atoms with van der Waals surface area (Å²) >= 11 is 0. The predicted octanol–water partition coefficient (Wildman–Crippen LogP) is 3.90. The number of hydrogen-bond donors (Lipinski definition) is 4. The summed E-state index contributed by atoms with van der Waals surface area (Å²) in [5.41, 5.74) is 3.52. The molecule has 0 bridgehead atoms. The fraction of sp³-hybridized carbons (Fsp3) is 0.259. The number of nitrogens with one attached hydrogen (secondary N) is 3. The van der Waals surface area contributed by atoms with Crippen molar-refractivity contribution in [3.8, 4) is 0 Å². The molecule has 4 rings (SSSR count). The van der Waals surface area contributed by atoms with E-state index in [-0.39, 0.29) is 18.7 Å². The number of fused-ring (bicyclic) bond motifs is 1. The number of nitrogens with zero attached hydrogens (tertiary/aromatic N) is 1. The number of benzene rings is 3. The van der Waals surface area contributed by atoms with Gasteiger partial charge >= 0.3 is 0 Å². The Kier molecular flexibility index (Phi) is 7.84. The number of aliphatic hydroxyl groups excluding tert-OH is 1. The number of halogens is 2. The summed E-state index contributed by atoms with van der Waals surface area (Å²) in [6.45, 7) is 2.78. The van der Waals surface area contributed by atoms with E-state index < -0.39 is 29.7 Å². The second-order valence-electron chi connectivity index (χ2n) is 8.55. The smallest absolute Gasteiger partial charge is 0.272 e. The van der Waals surface area contributed by atoms with Gasteiger partial charge < -0.3 is 15.7 Å². The zero-order valence-corrected chi connectivity index (χ0v) is 19.4. The number of rotatable bonds is 10. The summed E-state index contributed by atoms with van der Waals surface area (Å²) in [6, 6.07) is 17.7. The average molecular weight is 479 g/mol. The number of aliphatic hydroxyl groups is 1. The molecule has 4 aromatic rings. The van der Waals surface area contributed by atoms with Gasteiger partial charge in [-0.2, -0.15) is 5.10 Å². The van der Waals surface area contributed by atoms with Gasteiger partial charge in [0.2, 0.25) is 0 Å². The first-order valence-electron chi connectivity index (χ1n) is 11.6. The molecule has 4 N–H and O–H groups in total. The zero-order chi connectivity index (χ0) is 24.8. The number of carbonyl (C=O) groups excluding carboxylic acids is 1. The van der Waals surface area contributed by atoms with Crippen molar-refractivity contribution in [3.05, 3.63) is 101 Å². The largest absolute Gasteiger partial charge is 0.390 e. The van der Waals surface area contributed by atoms with Gasteiger partial charge in [0.15, 0.2) is 5.69 Å². The van der Waals surface area contributed by atoms with Gasteiger partial charge in [-0.05, 0) is 47.7 Å². The van der Waals surface area contributed by atoms with Crippen molar-refractivity contribution >= 4 is 16.8 Å². The van der Waals surface area contributed by atoms with Crippen LogP contribution in [0.3, 0.4) is 0 Å². The highest BCUT2D eigenvalue weighted by atomic mass is 19.1. The molecule has 1 aromatic heterocycles. The zero-order valence-electron chi connectivity index (χ0n) is 19.4. The third kappa shape index (κ3) is 6.29. The normalized spacial score (nSPS) is 13.0. The van der Waals surface area contributed by atoms with Gasteiger partial charge in [0.1, 0.15) is 11.6 Å². The summed E-state index contributed by atoms with van der Waals surface area (Å²) in [7, 11) is 0. The van der Waals surface area contributed by atoms with Crippen molar-refractivity contribution in [2.75, 3.05) is 6.54 Å². The van der Waals surface area contributed by atoms with Crippen LogP contribution in [0.1, 0.15) is 34.1 Å². The van der Waals surface area contributed by atoms with Crippen molar-refractivity contribution in [1.82, 2.24) is 20.8 Å². The van der Waals surface area contributed by atoms with Gasteiger partial charge in [0, 0.05) is 24.5 Å². The predicted molar refractivity (Wildman–Crippen MR) is 131 cm³/mol. The fourth-order valence-corrected chi connectivity index (χ4v) is 4.11. The van der Waals surface area contributed by atoms with Crippen molar-refractivity contribution in [3.63, 3.8) is 0 Å². The van der Waals surface area contributed by atoms with Crippen LogP contribution in [0.15, 0.2) is 66.7 Å². The second-order valence-corrected chi connectivity index (χ2v) is 8.55. The Bertz CT molecular complexity index is 1290. The second kappa shape index (κ2) is 11.2. The molecule has 0 saturated carbocycles. The summed E-state index contributed by atoms with van der Waals surface area (Å²) in [6.07, 6.45) is -0.0574. The third-order valence-corrected chi connectivity index (χ3v) is 5.93. The van der Waals surface area contributed by atoms with Crippen LogP contribution < -0.4 is 10.6 Å². The molecule has 0 aliphatic rings. The van der Waals surface area contributed by atoms with E-state index in [0.717, 1.165) is 18.1 Å². The van der Waals surface area contributed by atoms with Crippen LogP contribution >= 0.6 is 0 Å². The maximum absolute atomic E-state index is 13.8. The number of para-hydroxylation sites is 1.